The summed E-state index contributed by atoms with van der Waals surface area (Å²) >= 11 is 0. The average molecular weight is 567 g/mol. The van der Waals surface area contributed by atoms with E-state index in [2.05, 4.69) is 139 Å². The fourth-order valence-electron chi connectivity index (χ4n) is 8.72. The monoisotopic (exact) mass is 566 g/mol. The number of hydrogen-bond acceptors (Lipinski definition) is 2. The third-order valence-electron chi connectivity index (χ3n) is 10.7. The maximum Gasteiger partial charge on any atom is 0.0559 e. The van der Waals surface area contributed by atoms with Crippen LogP contribution >= 0.6 is 0 Å². The SMILES string of the molecule is CCC1CCc2c(N(c3ccccc3)C3C=CC=CC3)ccc3c2C1C(C(C)N(C1=CC=CCC1)c1ccccc1)CC3. The molecule has 0 fully saturated rings. The molecule has 0 bridgehead atoms. The van der Waals surface area contributed by atoms with E-state index in [0.29, 0.717) is 23.9 Å². The number of allylic oxidation sites excluding steroid dienone is 6. The van der Waals surface area contributed by atoms with Gasteiger partial charge in [0.2, 0.25) is 0 Å². The minimum atomic E-state index is 0.335. The van der Waals surface area contributed by atoms with Crippen molar-refractivity contribution < 1.29 is 0 Å². The molecule has 0 N–H and O–H groups in total. The molecule has 0 spiro atoms. The highest BCUT2D eigenvalue weighted by molar-refractivity contribution is 5.72. The summed E-state index contributed by atoms with van der Waals surface area (Å²) in [6, 6.07) is 28.0. The van der Waals surface area contributed by atoms with Gasteiger partial charge >= 0.3 is 0 Å². The first-order valence-corrected chi connectivity index (χ1v) is 16.8. The number of para-hydroxylation sites is 2. The second-order valence-corrected chi connectivity index (χ2v) is 13.0. The molecule has 0 saturated carbocycles. The Kier molecular flexibility index (Phi) is 8.11. The van der Waals surface area contributed by atoms with Crippen molar-refractivity contribution in [2.24, 2.45) is 11.8 Å². The molecule has 3 aromatic rings. The van der Waals surface area contributed by atoms with Gasteiger partial charge < -0.3 is 9.80 Å². The molecule has 4 aliphatic rings. The van der Waals surface area contributed by atoms with Gasteiger partial charge in [-0.2, -0.15) is 0 Å². The Hall–Kier alpha value is -3.78. The van der Waals surface area contributed by atoms with Crippen molar-refractivity contribution in [3.05, 3.63) is 138 Å². The third kappa shape index (κ3) is 5.30. The number of hydrogen-bond donors (Lipinski definition) is 0. The van der Waals surface area contributed by atoms with E-state index >= 15 is 0 Å². The second kappa shape index (κ2) is 12.4. The standard InChI is InChI=1S/C41H46N2/c1-3-31-24-28-38-39(43(35-20-12-6-13-21-35)36-22-14-7-15-23-36)29-26-32-25-27-37(40(31)41(32)38)30(2)42(33-16-8-4-9-17-33)34-18-10-5-11-19-34/h4-10,12-18,20-22,26,29-31,36-37,40H,3,11,19,23-25,27-28H2,1-2H3. The smallest absolute Gasteiger partial charge is 0.0559 e. The Morgan fingerprint density at radius 1 is 0.791 bits per heavy atom. The average Bonchev–Trinajstić information content (AvgIpc) is 3.08. The van der Waals surface area contributed by atoms with Crippen molar-refractivity contribution in [1.82, 2.24) is 0 Å². The van der Waals surface area contributed by atoms with Crippen LogP contribution in [-0.2, 0) is 12.8 Å². The number of anilines is 3. The molecule has 0 amide bonds. The third-order valence-corrected chi connectivity index (χ3v) is 10.7. The van der Waals surface area contributed by atoms with Crippen LogP contribution < -0.4 is 9.80 Å². The van der Waals surface area contributed by atoms with Gasteiger partial charge in [-0.1, -0.05) is 92.3 Å². The summed E-state index contributed by atoms with van der Waals surface area (Å²) in [5.74, 6) is 1.94. The molecule has 0 saturated heterocycles. The van der Waals surface area contributed by atoms with Crippen molar-refractivity contribution in [3.8, 4) is 0 Å². The molecular weight excluding hydrogens is 520 g/mol. The topological polar surface area (TPSA) is 6.48 Å². The highest BCUT2D eigenvalue weighted by Gasteiger charge is 2.44. The maximum atomic E-state index is 2.71. The quantitative estimate of drug-likeness (QED) is 0.268. The van der Waals surface area contributed by atoms with Crippen LogP contribution in [0.1, 0.15) is 75.0 Å². The first-order valence-electron chi connectivity index (χ1n) is 16.8. The first-order chi connectivity index (χ1) is 21.2. The maximum absolute atomic E-state index is 2.71. The van der Waals surface area contributed by atoms with Gasteiger partial charge in [0.15, 0.2) is 0 Å². The lowest BCUT2D eigenvalue weighted by molar-refractivity contribution is 0.217. The van der Waals surface area contributed by atoms with Gasteiger partial charge in [-0.25, -0.2) is 0 Å². The molecule has 2 heteroatoms. The highest BCUT2D eigenvalue weighted by Crippen LogP contribution is 2.53. The van der Waals surface area contributed by atoms with Crippen LogP contribution in [0.25, 0.3) is 0 Å². The number of nitrogens with zero attached hydrogens (tertiary/aromatic N) is 2. The minimum Gasteiger partial charge on any atom is -0.342 e. The Labute approximate surface area is 259 Å². The van der Waals surface area contributed by atoms with Gasteiger partial charge in [0.25, 0.3) is 0 Å². The summed E-state index contributed by atoms with van der Waals surface area (Å²) in [5.41, 5.74) is 10.5. The zero-order valence-corrected chi connectivity index (χ0v) is 25.9. The van der Waals surface area contributed by atoms with E-state index in [9.17, 15) is 0 Å². The number of rotatable bonds is 8. The summed E-state index contributed by atoms with van der Waals surface area (Å²) in [7, 11) is 0. The second-order valence-electron chi connectivity index (χ2n) is 13.0. The Morgan fingerprint density at radius 3 is 2.28 bits per heavy atom. The van der Waals surface area contributed by atoms with E-state index in [1.165, 1.54) is 54.9 Å². The molecule has 220 valence electrons. The minimum absolute atomic E-state index is 0.335. The lowest BCUT2D eigenvalue weighted by Crippen LogP contribution is -2.45. The van der Waals surface area contributed by atoms with Gasteiger partial charge in [-0.05, 0) is 123 Å². The van der Waals surface area contributed by atoms with E-state index in [1.807, 2.05) is 0 Å². The molecule has 7 rings (SSSR count). The fraction of sp³-hybridized carbons (Fsp3) is 0.366. The molecule has 2 nitrogen and oxygen atoms in total. The Balaban J connectivity index is 1.33. The normalized spacial score (nSPS) is 24.7. The zero-order valence-electron chi connectivity index (χ0n) is 25.9. The van der Waals surface area contributed by atoms with Crippen molar-refractivity contribution in [3.63, 3.8) is 0 Å². The summed E-state index contributed by atoms with van der Waals surface area (Å²) in [6.07, 6.45) is 25.6. The van der Waals surface area contributed by atoms with Crippen LogP contribution in [0.5, 0.6) is 0 Å². The molecule has 43 heavy (non-hydrogen) atoms. The van der Waals surface area contributed by atoms with Gasteiger partial charge in [0, 0.05) is 28.8 Å². The van der Waals surface area contributed by atoms with Gasteiger partial charge in [0.05, 0.1) is 6.04 Å². The van der Waals surface area contributed by atoms with E-state index in [4.69, 9.17) is 0 Å². The molecule has 4 aliphatic carbocycles. The number of aryl methyl sites for hydroxylation is 1. The van der Waals surface area contributed by atoms with Crippen LogP contribution in [0.3, 0.4) is 0 Å². The van der Waals surface area contributed by atoms with Gasteiger partial charge in [-0.15, -0.1) is 0 Å². The molecular formula is C41H46N2. The van der Waals surface area contributed by atoms with E-state index < -0.39 is 0 Å². The summed E-state index contributed by atoms with van der Waals surface area (Å²) in [5, 5.41) is 0. The molecule has 5 unspecified atom stereocenters. The Morgan fingerprint density at radius 2 is 1.58 bits per heavy atom. The fourth-order valence-corrected chi connectivity index (χ4v) is 8.72. The molecule has 0 aromatic heterocycles. The molecule has 0 aliphatic heterocycles. The number of benzene rings is 3. The highest BCUT2D eigenvalue weighted by atomic mass is 15.2. The largest absolute Gasteiger partial charge is 0.342 e. The van der Waals surface area contributed by atoms with E-state index in [-0.39, 0.29) is 0 Å². The molecule has 0 radical (unpaired) electrons. The zero-order chi connectivity index (χ0) is 29.2. The molecule has 3 aromatic carbocycles. The van der Waals surface area contributed by atoms with Crippen molar-refractivity contribution >= 4 is 17.1 Å². The van der Waals surface area contributed by atoms with Crippen LogP contribution in [-0.4, -0.2) is 12.1 Å². The summed E-state index contributed by atoms with van der Waals surface area (Å²) in [4.78, 5) is 5.35. The van der Waals surface area contributed by atoms with Crippen molar-refractivity contribution in [2.75, 3.05) is 9.80 Å². The van der Waals surface area contributed by atoms with Crippen LogP contribution in [0.4, 0.5) is 17.1 Å². The molecule has 0 heterocycles. The van der Waals surface area contributed by atoms with Crippen LogP contribution in [0, 0.1) is 11.8 Å². The van der Waals surface area contributed by atoms with E-state index in [1.54, 1.807) is 16.7 Å². The predicted octanol–water partition coefficient (Wildman–Crippen LogP) is 10.5. The first kappa shape index (κ1) is 28.0. The van der Waals surface area contributed by atoms with Gasteiger partial charge in [0.1, 0.15) is 0 Å². The van der Waals surface area contributed by atoms with E-state index in [0.717, 1.165) is 25.2 Å². The lowest BCUT2D eigenvalue weighted by atomic mass is 9.60. The summed E-state index contributed by atoms with van der Waals surface area (Å²) < 4.78 is 0. The van der Waals surface area contributed by atoms with Crippen molar-refractivity contribution in [1.29, 1.82) is 0 Å². The van der Waals surface area contributed by atoms with Crippen molar-refractivity contribution in [2.45, 2.75) is 83.2 Å². The summed E-state index contributed by atoms with van der Waals surface area (Å²) in [6.45, 7) is 4.97. The molecule has 5 atom stereocenters. The predicted molar refractivity (Wildman–Crippen MR) is 183 cm³/mol. The van der Waals surface area contributed by atoms with Crippen LogP contribution in [0.2, 0.25) is 0 Å². The van der Waals surface area contributed by atoms with Gasteiger partial charge in [-0.3, -0.25) is 0 Å². The Bertz CT molecular complexity index is 1530. The lowest BCUT2D eigenvalue weighted by Gasteiger charge is -2.49. The van der Waals surface area contributed by atoms with Crippen LogP contribution in [0.15, 0.2) is 121 Å².